The van der Waals surface area contributed by atoms with E-state index in [1.54, 1.807) is 6.92 Å². The summed E-state index contributed by atoms with van der Waals surface area (Å²) in [6.45, 7) is 4.53. The Kier molecular flexibility index (Phi) is 4.55. The second-order valence-electron chi connectivity index (χ2n) is 7.07. The molecule has 3 rings (SSSR count). The van der Waals surface area contributed by atoms with Crippen LogP contribution < -0.4 is 11.1 Å². The molecule has 0 radical (unpaired) electrons. The second kappa shape index (κ2) is 6.14. The summed E-state index contributed by atoms with van der Waals surface area (Å²) in [5.41, 5.74) is 8.12. The Morgan fingerprint density at radius 1 is 1.24 bits per heavy atom. The molecule has 0 aromatic carbocycles. The van der Waals surface area contributed by atoms with Crippen molar-refractivity contribution in [2.45, 2.75) is 26.0 Å². The van der Waals surface area contributed by atoms with Crippen LogP contribution in [0.4, 0.5) is 25.1 Å². The largest absolute Gasteiger partial charge is 0.397 e. The van der Waals surface area contributed by atoms with Gasteiger partial charge in [-0.1, -0.05) is 44.6 Å². The Morgan fingerprint density at radius 3 is 2.48 bits per heavy atom. The van der Waals surface area contributed by atoms with Crippen LogP contribution >= 0.6 is 21.6 Å². The molecule has 160 valence electrons. The maximum atomic E-state index is 13.0. The number of nitrogens with one attached hydrogen (secondary N) is 1. The van der Waals surface area contributed by atoms with Crippen LogP contribution in [0.3, 0.4) is 0 Å². The van der Waals surface area contributed by atoms with Crippen molar-refractivity contribution in [3.8, 4) is 0 Å². The number of allylic oxidation sites excluding steroid dienone is 1. The molecule has 1 amide bonds. The highest BCUT2D eigenvalue weighted by Crippen LogP contribution is 3.01. The lowest BCUT2D eigenvalue weighted by Gasteiger charge is -2.48. The predicted molar refractivity (Wildman–Crippen MR) is 107 cm³/mol. The molecule has 5 nitrogen and oxygen atoms in total. The van der Waals surface area contributed by atoms with E-state index in [-0.39, 0.29) is 17.1 Å². The molecule has 3 N–H and O–H groups in total. The average Bonchev–Trinajstić information content (AvgIpc) is 2.91. The van der Waals surface area contributed by atoms with Gasteiger partial charge in [-0.3, -0.25) is 4.79 Å². The zero-order valence-electron chi connectivity index (χ0n) is 15.7. The first-order valence-corrected chi connectivity index (χ1v) is 11.3. The first-order valence-electron chi connectivity index (χ1n) is 8.50. The Labute approximate surface area is 167 Å². The third-order valence-corrected chi connectivity index (χ3v) is 7.51. The maximum Gasteiger partial charge on any atom is 0.291 e. The van der Waals surface area contributed by atoms with Gasteiger partial charge in [-0.15, -0.1) is 16.4 Å². The van der Waals surface area contributed by atoms with Crippen molar-refractivity contribution in [2.75, 3.05) is 12.3 Å². The highest BCUT2D eigenvalue weighted by molar-refractivity contribution is 8.46. The normalized spacial score (nSPS) is 22.1. The van der Waals surface area contributed by atoms with Crippen molar-refractivity contribution < 1.29 is 24.2 Å². The summed E-state index contributed by atoms with van der Waals surface area (Å²) in [6, 6.07) is 0. The summed E-state index contributed by atoms with van der Waals surface area (Å²) >= 11 is 1.05. The molecule has 2 aromatic heterocycles. The van der Waals surface area contributed by atoms with Crippen LogP contribution in [0.1, 0.15) is 27.9 Å². The van der Waals surface area contributed by atoms with E-state index in [1.807, 2.05) is 6.92 Å². The summed E-state index contributed by atoms with van der Waals surface area (Å²) < 4.78 is 65.2. The van der Waals surface area contributed by atoms with Crippen LogP contribution in [0.15, 0.2) is 23.8 Å². The second-order valence-corrected chi connectivity index (χ2v) is 10.7. The molecule has 2 unspecified atom stereocenters. The van der Waals surface area contributed by atoms with Crippen LogP contribution in [0.5, 0.6) is 0 Å². The third-order valence-electron chi connectivity index (χ3n) is 4.80. The lowest BCUT2D eigenvalue weighted by atomic mass is 9.97. The van der Waals surface area contributed by atoms with Gasteiger partial charge in [-0.25, -0.2) is 0 Å². The van der Waals surface area contributed by atoms with Crippen molar-refractivity contribution in [1.82, 2.24) is 15.5 Å². The number of nitrogens with two attached hydrogens (primary N) is 1. The van der Waals surface area contributed by atoms with Gasteiger partial charge in [0.2, 0.25) is 0 Å². The quantitative estimate of drug-likeness (QED) is 0.605. The van der Waals surface area contributed by atoms with E-state index in [1.165, 1.54) is 0 Å². The van der Waals surface area contributed by atoms with Crippen molar-refractivity contribution in [2.24, 2.45) is 5.92 Å². The van der Waals surface area contributed by atoms with Gasteiger partial charge in [0.05, 0.1) is 11.4 Å². The van der Waals surface area contributed by atoms with E-state index in [9.17, 15) is 24.2 Å². The molecule has 1 aliphatic rings. The van der Waals surface area contributed by atoms with Gasteiger partial charge in [0.25, 0.3) is 16.1 Å². The molecule has 1 aliphatic carbocycles. The summed E-state index contributed by atoms with van der Waals surface area (Å²) in [6.07, 6.45) is 2.52. The number of carbonyl (C=O) groups is 1. The standard InChI is InChI=1S/C17H19F5N4OS2/c1-8-6-11(4-5-12(8)29(18,19,20,21)22)7-24-16(27)15-14(23)13-9(2)10(3)25-26-17(13)28-15/h4-6,8,12H,7,23H2,1-3H3,(H,24,27). The van der Waals surface area contributed by atoms with Crippen LogP contribution in [0, 0.1) is 19.8 Å². The molecule has 2 aromatic rings. The lowest BCUT2D eigenvalue weighted by Crippen LogP contribution is -2.32. The number of halogens is 5. The number of hydrogen-bond acceptors (Lipinski definition) is 5. The fourth-order valence-electron chi connectivity index (χ4n) is 3.23. The van der Waals surface area contributed by atoms with Crippen LogP contribution in [0.25, 0.3) is 10.2 Å². The monoisotopic (exact) mass is 454 g/mol. The molecule has 0 saturated heterocycles. The minimum atomic E-state index is -9.64. The number of amides is 1. The SMILES string of the molecule is Cc1nnc2sc(C(=O)NCC3=CC(C)C(S(F)(F)(F)(F)F)C=C3)c(N)c2c1C. The fraction of sp³-hybridized carbons (Fsp3) is 0.353. The zero-order chi connectivity index (χ0) is 21.8. The number of hydrogen-bond donors (Lipinski definition) is 2. The predicted octanol–water partition coefficient (Wildman–Crippen LogP) is 5.42. The molecule has 29 heavy (non-hydrogen) atoms. The van der Waals surface area contributed by atoms with E-state index in [4.69, 9.17) is 5.73 Å². The van der Waals surface area contributed by atoms with Gasteiger partial charge in [0.15, 0.2) is 0 Å². The molecule has 2 heterocycles. The number of thiophene rings is 1. The summed E-state index contributed by atoms with van der Waals surface area (Å²) in [5.74, 6) is -1.97. The van der Waals surface area contributed by atoms with E-state index in [0.717, 1.165) is 36.0 Å². The van der Waals surface area contributed by atoms with Crippen LogP contribution in [-0.2, 0) is 0 Å². The molecular formula is C17H19F5N4OS2. The minimum Gasteiger partial charge on any atom is -0.397 e. The van der Waals surface area contributed by atoms with E-state index >= 15 is 0 Å². The molecule has 0 aliphatic heterocycles. The summed E-state index contributed by atoms with van der Waals surface area (Å²) in [4.78, 5) is 13.2. The number of aromatic nitrogens is 2. The Bertz CT molecular complexity index is 1080. The number of fused-ring (bicyclic) bond motifs is 1. The van der Waals surface area contributed by atoms with Gasteiger partial charge >= 0.3 is 0 Å². The molecule has 2 atom stereocenters. The van der Waals surface area contributed by atoms with E-state index in [2.05, 4.69) is 15.5 Å². The Morgan fingerprint density at radius 2 is 1.90 bits per heavy atom. The third kappa shape index (κ3) is 4.22. The van der Waals surface area contributed by atoms with Gasteiger partial charge in [0, 0.05) is 11.9 Å². The average molecular weight is 454 g/mol. The molecule has 0 saturated carbocycles. The molecule has 12 heteroatoms. The van der Waals surface area contributed by atoms with Gasteiger partial charge < -0.3 is 11.1 Å². The summed E-state index contributed by atoms with van der Waals surface area (Å²) in [7, 11) is -9.64. The highest BCUT2D eigenvalue weighted by atomic mass is 32.5. The van der Waals surface area contributed by atoms with Gasteiger partial charge in [-0.2, -0.15) is 5.10 Å². The van der Waals surface area contributed by atoms with Crippen molar-refractivity contribution >= 4 is 43.4 Å². The number of anilines is 1. The van der Waals surface area contributed by atoms with Crippen molar-refractivity contribution in [1.29, 1.82) is 0 Å². The molecular weight excluding hydrogens is 435 g/mol. The first kappa shape index (κ1) is 21.5. The highest BCUT2D eigenvalue weighted by Gasteiger charge is 2.70. The number of nitrogens with zero attached hydrogens (tertiary/aromatic N) is 2. The smallest absolute Gasteiger partial charge is 0.291 e. The first-order chi connectivity index (χ1) is 13.1. The Hall–Kier alpha value is -2.21. The molecule has 0 spiro atoms. The maximum absolute atomic E-state index is 13.0. The number of nitrogen functional groups attached to an aromatic ring is 1. The minimum absolute atomic E-state index is 0.121. The number of aryl methyl sites for hydroxylation is 2. The lowest BCUT2D eigenvalue weighted by molar-refractivity contribution is 0.0962. The van der Waals surface area contributed by atoms with Crippen LogP contribution in [0.2, 0.25) is 0 Å². The van der Waals surface area contributed by atoms with Gasteiger partial charge in [-0.05, 0) is 30.9 Å². The Balaban J connectivity index is 1.76. The van der Waals surface area contributed by atoms with Crippen LogP contribution in [-0.4, -0.2) is 27.9 Å². The summed E-state index contributed by atoms with van der Waals surface area (Å²) in [5, 5.41) is 8.39. The van der Waals surface area contributed by atoms with E-state index < -0.39 is 27.3 Å². The van der Waals surface area contributed by atoms with Crippen molar-refractivity contribution in [3.63, 3.8) is 0 Å². The van der Waals surface area contributed by atoms with Crippen molar-refractivity contribution in [3.05, 3.63) is 39.9 Å². The number of rotatable bonds is 4. The molecule has 0 fully saturated rings. The zero-order valence-corrected chi connectivity index (χ0v) is 17.3. The fourth-order valence-corrected chi connectivity index (χ4v) is 5.51. The topological polar surface area (TPSA) is 80.9 Å². The van der Waals surface area contributed by atoms with Gasteiger partial charge in [0.1, 0.15) is 15.0 Å². The number of carbonyl (C=O) groups excluding carboxylic acids is 1. The molecule has 0 bridgehead atoms. The van der Waals surface area contributed by atoms with E-state index in [0.29, 0.717) is 27.6 Å².